The second-order valence-corrected chi connectivity index (χ2v) is 4.54. The van der Waals surface area contributed by atoms with E-state index >= 15 is 0 Å². The number of hydrogen-bond donors (Lipinski definition) is 2. The molecule has 2 heterocycles. The van der Waals surface area contributed by atoms with Crippen molar-refractivity contribution >= 4 is 23.1 Å². The van der Waals surface area contributed by atoms with E-state index in [9.17, 15) is 0 Å². The second-order valence-electron chi connectivity index (χ2n) is 2.86. The summed E-state index contributed by atoms with van der Waals surface area (Å²) in [6.45, 7) is 2.07. The molecule has 2 aromatic rings. The van der Waals surface area contributed by atoms with Crippen molar-refractivity contribution in [2.45, 2.75) is 13.0 Å². The summed E-state index contributed by atoms with van der Waals surface area (Å²) in [6, 6.07) is 2.02. The predicted molar refractivity (Wildman–Crippen MR) is 58.1 cm³/mol. The Labute approximate surface area is 90.1 Å². The Morgan fingerprint density at radius 2 is 2.43 bits per heavy atom. The number of rotatable bonds is 3. The van der Waals surface area contributed by atoms with Crippen LogP contribution in [0.25, 0.3) is 0 Å². The molecule has 0 radical (unpaired) electrons. The smallest absolute Gasteiger partial charge is 0.0971 e. The molecule has 6 heteroatoms. The minimum Gasteiger partial charge on any atom is -0.271 e. The highest BCUT2D eigenvalue weighted by Crippen LogP contribution is 2.26. The Bertz CT molecular complexity index is 395. The van der Waals surface area contributed by atoms with Gasteiger partial charge >= 0.3 is 0 Å². The average molecular weight is 226 g/mol. The molecule has 0 aromatic carbocycles. The molecule has 0 amide bonds. The van der Waals surface area contributed by atoms with Crippen LogP contribution in [0.5, 0.6) is 0 Å². The Balaban J connectivity index is 2.36. The summed E-state index contributed by atoms with van der Waals surface area (Å²) in [5, 5.41) is 2.05. The van der Waals surface area contributed by atoms with Gasteiger partial charge in [0.1, 0.15) is 0 Å². The third-order valence-electron chi connectivity index (χ3n) is 2.05. The number of aryl methyl sites for hydroxylation is 1. The monoisotopic (exact) mass is 226 g/mol. The molecule has 0 aliphatic heterocycles. The van der Waals surface area contributed by atoms with Crippen LogP contribution >= 0.6 is 23.1 Å². The first-order chi connectivity index (χ1) is 6.83. The van der Waals surface area contributed by atoms with Gasteiger partial charge in [0.2, 0.25) is 0 Å². The summed E-state index contributed by atoms with van der Waals surface area (Å²) in [7, 11) is 0. The molecule has 14 heavy (non-hydrogen) atoms. The number of nitrogens with zero attached hydrogens (tertiary/aromatic N) is 2. The fourth-order valence-corrected chi connectivity index (χ4v) is 2.52. The van der Waals surface area contributed by atoms with Crippen LogP contribution in [0, 0.1) is 6.92 Å². The molecule has 4 nitrogen and oxygen atoms in total. The molecule has 74 valence electrons. The Kier molecular flexibility index (Phi) is 2.87. The van der Waals surface area contributed by atoms with Crippen LogP contribution in [-0.2, 0) is 0 Å². The maximum absolute atomic E-state index is 5.52. The Morgan fingerprint density at radius 1 is 1.57 bits per heavy atom. The number of hydrazine groups is 1. The van der Waals surface area contributed by atoms with E-state index in [1.165, 1.54) is 22.2 Å². The van der Waals surface area contributed by atoms with Gasteiger partial charge in [0.05, 0.1) is 29.7 Å². The maximum atomic E-state index is 5.52. The van der Waals surface area contributed by atoms with Crippen LogP contribution < -0.4 is 11.3 Å². The van der Waals surface area contributed by atoms with E-state index in [1.807, 2.05) is 0 Å². The average Bonchev–Trinajstić information content (AvgIpc) is 2.80. The first-order valence-corrected chi connectivity index (χ1v) is 5.71. The molecule has 2 aromatic heterocycles. The van der Waals surface area contributed by atoms with Gasteiger partial charge in [-0.15, -0.1) is 11.3 Å². The number of nitrogens with two attached hydrogens (primary N) is 1. The zero-order valence-electron chi connectivity index (χ0n) is 7.60. The summed E-state index contributed by atoms with van der Waals surface area (Å²) in [6.07, 6.45) is 1.74. The van der Waals surface area contributed by atoms with Crippen LogP contribution in [0.2, 0.25) is 0 Å². The van der Waals surface area contributed by atoms with Gasteiger partial charge in [-0.05, 0) is 23.9 Å². The fraction of sp³-hybridized carbons (Fsp3) is 0.250. The van der Waals surface area contributed by atoms with Crippen LogP contribution in [-0.4, -0.2) is 8.75 Å². The quantitative estimate of drug-likeness (QED) is 0.614. The molecule has 0 aliphatic rings. The van der Waals surface area contributed by atoms with Crippen molar-refractivity contribution in [3.8, 4) is 0 Å². The third-order valence-corrected chi connectivity index (χ3v) is 3.40. The summed E-state index contributed by atoms with van der Waals surface area (Å²) < 4.78 is 8.15. The molecule has 1 unspecified atom stereocenters. The molecule has 2 rings (SSSR count). The van der Waals surface area contributed by atoms with Crippen molar-refractivity contribution in [1.29, 1.82) is 0 Å². The lowest BCUT2D eigenvalue weighted by Crippen LogP contribution is -2.29. The number of thiophene rings is 1. The van der Waals surface area contributed by atoms with Crippen LogP contribution in [0.1, 0.15) is 22.2 Å². The number of nitrogens with one attached hydrogen (secondary N) is 1. The van der Waals surface area contributed by atoms with Gasteiger partial charge < -0.3 is 0 Å². The lowest BCUT2D eigenvalue weighted by atomic mass is 10.1. The minimum absolute atomic E-state index is 0.0417. The van der Waals surface area contributed by atoms with Gasteiger partial charge in [-0.1, -0.05) is 0 Å². The SMILES string of the molecule is Cc1sccc1C(NN)c1cnsn1. The van der Waals surface area contributed by atoms with Crippen molar-refractivity contribution in [3.63, 3.8) is 0 Å². The number of hydrogen-bond acceptors (Lipinski definition) is 6. The van der Waals surface area contributed by atoms with Crippen molar-refractivity contribution in [1.82, 2.24) is 14.2 Å². The van der Waals surface area contributed by atoms with E-state index in [4.69, 9.17) is 5.84 Å². The highest BCUT2D eigenvalue weighted by atomic mass is 32.1. The van der Waals surface area contributed by atoms with Gasteiger partial charge in [-0.3, -0.25) is 5.84 Å². The normalized spacial score (nSPS) is 13.0. The second kappa shape index (κ2) is 4.14. The molecular weight excluding hydrogens is 216 g/mol. The van der Waals surface area contributed by atoms with Gasteiger partial charge in [0.25, 0.3) is 0 Å². The van der Waals surface area contributed by atoms with Gasteiger partial charge in [-0.25, -0.2) is 5.43 Å². The van der Waals surface area contributed by atoms with Crippen LogP contribution in [0.15, 0.2) is 17.6 Å². The first-order valence-electron chi connectivity index (χ1n) is 4.10. The third kappa shape index (κ3) is 1.69. The van der Waals surface area contributed by atoms with Crippen molar-refractivity contribution in [2.24, 2.45) is 5.84 Å². The molecule has 1 atom stereocenters. The fourth-order valence-electron chi connectivity index (χ4n) is 1.33. The van der Waals surface area contributed by atoms with E-state index in [-0.39, 0.29) is 6.04 Å². The lowest BCUT2D eigenvalue weighted by molar-refractivity contribution is 0.625. The lowest BCUT2D eigenvalue weighted by Gasteiger charge is -2.12. The molecule has 0 fully saturated rings. The molecule has 0 bridgehead atoms. The summed E-state index contributed by atoms with van der Waals surface area (Å²) in [5.74, 6) is 5.52. The molecular formula is C8H10N4S2. The van der Waals surface area contributed by atoms with E-state index < -0.39 is 0 Å². The Hall–Kier alpha value is -0.820. The van der Waals surface area contributed by atoms with Crippen LogP contribution in [0.4, 0.5) is 0 Å². The standard InChI is InChI=1S/C8H10N4S2/c1-5-6(2-3-13-5)8(11-9)7-4-10-14-12-7/h2-4,8,11H,9H2,1H3. The Morgan fingerprint density at radius 3 is 2.93 bits per heavy atom. The van der Waals surface area contributed by atoms with Crippen molar-refractivity contribution in [3.05, 3.63) is 33.8 Å². The minimum atomic E-state index is -0.0417. The molecule has 0 aliphatic carbocycles. The maximum Gasteiger partial charge on any atom is 0.0971 e. The summed E-state index contributed by atoms with van der Waals surface area (Å²) in [5.41, 5.74) is 4.80. The topological polar surface area (TPSA) is 63.8 Å². The van der Waals surface area contributed by atoms with E-state index in [2.05, 4.69) is 32.5 Å². The zero-order valence-corrected chi connectivity index (χ0v) is 9.23. The molecule has 0 saturated heterocycles. The van der Waals surface area contributed by atoms with E-state index in [0.29, 0.717) is 0 Å². The van der Waals surface area contributed by atoms with Gasteiger partial charge in [0, 0.05) is 4.88 Å². The van der Waals surface area contributed by atoms with Crippen molar-refractivity contribution in [2.75, 3.05) is 0 Å². The predicted octanol–water partition coefficient (Wildman–Crippen LogP) is 1.46. The number of aromatic nitrogens is 2. The van der Waals surface area contributed by atoms with Crippen LogP contribution in [0.3, 0.4) is 0 Å². The summed E-state index contributed by atoms with van der Waals surface area (Å²) >= 11 is 2.90. The van der Waals surface area contributed by atoms with Gasteiger partial charge in [0.15, 0.2) is 0 Å². The first kappa shape index (κ1) is 9.72. The molecule has 3 N–H and O–H groups in total. The van der Waals surface area contributed by atoms with Crippen molar-refractivity contribution < 1.29 is 0 Å². The highest BCUT2D eigenvalue weighted by Gasteiger charge is 2.17. The van der Waals surface area contributed by atoms with E-state index in [1.54, 1.807) is 17.5 Å². The largest absolute Gasteiger partial charge is 0.271 e. The van der Waals surface area contributed by atoms with E-state index in [0.717, 1.165) is 5.69 Å². The van der Waals surface area contributed by atoms with Gasteiger partial charge in [-0.2, -0.15) is 8.75 Å². The summed E-state index contributed by atoms with van der Waals surface area (Å²) in [4.78, 5) is 1.25. The highest BCUT2D eigenvalue weighted by molar-refractivity contribution is 7.10. The molecule has 0 saturated carbocycles. The molecule has 0 spiro atoms. The zero-order chi connectivity index (χ0) is 9.97.